The summed E-state index contributed by atoms with van der Waals surface area (Å²) in [6.45, 7) is 3.33. The number of amidine groups is 1. The maximum atomic E-state index is 15.3. The molecule has 2 aliphatic rings. The van der Waals surface area contributed by atoms with E-state index in [1.807, 2.05) is 18.2 Å². The molecule has 7 heteroatoms. The number of hydrogen-bond donors (Lipinski definition) is 2. The Morgan fingerprint density at radius 2 is 2.03 bits per heavy atom. The Morgan fingerprint density at radius 1 is 1.20 bits per heavy atom. The van der Waals surface area contributed by atoms with E-state index in [0.717, 1.165) is 16.7 Å². The van der Waals surface area contributed by atoms with Crippen molar-refractivity contribution in [1.29, 1.82) is 0 Å². The van der Waals surface area contributed by atoms with Gasteiger partial charge in [0.05, 0.1) is 0 Å². The fourth-order valence-corrected chi connectivity index (χ4v) is 4.51. The van der Waals surface area contributed by atoms with Crippen LogP contribution in [-0.2, 0) is 16.7 Å². The second-order valence-corrected chi connectivity index (χ2v) is 8.80. The fraction of sp³-hybridized carbons (Fsp3) is 0.214. The number of nitrogens with two attached hydrogens (primary N) is 1. The molecule has 3 aromatic rings. The number of hydrogen-bond acceptors (Lipinski definition) is 6. The van der Waals surface area contributed by atoms with Gasteiger partial charge in [-0.25, -0.2) is 9.38 Å². The van der Waals surface area contributed by atoms with Gasteiger partial charge in [0, 0.05) is 41.1 Å². The summed E-state index contributed by atoms with van der Waals surface area (Å²) in [7, 11) is 0. The van der Waals surface area contributed by atoms with Gasteiger partial charge in [-0.3, -0.25) is 4.98 Å². The Kier molecular flexibility index (Phi) is 5.24. The van der Waals surface area contributed by atoms with Crippen molar-refractivity contribution in [3.63, 3.8) is 0 Å². The van der Waals surface area contributed by atoms with Gasteiger partial charge in [-0.1, -0.05) is 17.9 Å². The van der Waals surface area contributed by atoms with Crippen molar-refractivity contribution < 1.29 is 19.0 Å². The number of aromatic nitrogens is 1. The minimum Gasteiger partial charge on any atom is -0.462 e. The summed E-state index contributed by atoms with van der Waals surface area (Å²) in [5, 5.41) is 10.4. The Labute approximate surface area is 202 Å². The maximum absolute atomic E-state index is 15.3. The number of pyridine rings is 1. The molecule has 2 aliphatic heterocycles. The molecule has 2 aromatic carbocycles. The first-order valence-corrected chi connectivity index (χ1v) is 11.0. The van der Waals surface area contributed by atoms with Crippen LogP contribution in [0.2, 0.25) is 0 Å². The van der Waals surface area contributed by atoms with Gasteiger partial charge in [0.15, 0.2) is 17.1 Å². The van der Waals surface area contributed by atoms with Crippen LogP contribution in [0.15, 0.2) is 53.8 Å². The normalized spacial score (nSPS) is 19.1. The van der Waals surface area contributed by atoms with Crippen molar-refractivity contribution in [2.24, 2.45) is 10.7 Å². The van der Waals surface area contributed by atoms with E-state index in [1.165, 1.54) is 13.0 Å². The largest absolute Gasteiger partial charge is 0.462 e. The Hall–Kier alpha value is -4.33. The molecule has 0 radical (unpaired) electrons. The monoisotopic (exact) mass is 467 g/mol. The van der Waals surface area contributed by atoms with Crippen LogP contribution in [0.3, 0.4) is 0 Å². The average Bonchev–Trinajstić information content (AvgIpc) is 3.22. The lowest BCUT2D eigenvalue weighted by Crippen LogP contribution is -2.32. The van der Waals surface area contributed by atoms with Gasteiger partial charge in [0.2, 0.25) is 0 Å². The highest BCUT2D eigenvalue weighted by molar-refractivity contribution is 5.78. The predicted octanol–water partition coefficient (Wildman–Crippen LogP) is 3.88. The molecule has 2 atom stereocenters. The van der Waals surface area contributed by atoms with E-state index in [1.54, 1.807) is 31.5 Å². The Morgan fingerprint density at radius 3 is 2.74 bits per heavy atom. The molecule has 1 aromatic heterocycles. The third-order valence-electron chi connectivity index (χ3n) is 6.12. The summed E-state index contributed by atoms with van der Waals surface area (Å²) < 4.78 is 26.9. The van der Waals surface area contributed by atoms with E-state index in [4.69, 9.17) is 21.6 Å². The summed E-state index contributed by atoms with van der Waals surface area (Å²) in [4.78, 5) is 8.93. The van der Waals surface area contributed by atoms with Crippen LogP contribution < -0.4 is 10.5 Å². The number of aliphatic hydroxyl groups is 1. The van der Waals surface area contributed by atoms with E-state index in [0.29, 0.717) is 22.4 Å². The molecule has 0 amide bonds. The molecule has 1 spiro atoms. The molecule has 5 rings (SSSR count). The zero-order valence-electron chi connectivity index (χ0n) is 19.2. The van der Waals surface area contributed by atoms with Crippen molar-refractivity contribution in [3.8, 4) is 46.8 Å². The van der Waals surface area contributed by atoms with Gasteiger partial charge >= 0.3 is 0 Å². The summed E-state index contributed by atoms with van der Waals surface area (Å²) in [5.74, 6) is 8.11. The number of fused-ring (bicyclic) bond motifs is 4. The van der Waals surface area contributed by atoms with E-state index >= 15 is 4.39 Å². The first kappa shape index (κ1) is 22.5. The highest BCUT2D eigenvalue weighted by Gasteiger charge is 2.48. The standard InChI is InChI=1S/C28H22FN3O3/c1-4-6-17-9-20(15-31-14-17)19-7-8-24-21(12-19)28(16-34-26(30)32-28)22-10-18(13-27(3,33)5-2)11-23(29)25(22)35-24/h2,7-12,14-15,33H,13,16H2,1,3H3,(H2,30,32). The zero-order chi connectivity index (χ0) is 24.8. The molecular formula is C28H22FN3O3. The van der Waals surface area contributed by atoms with E-state index < -0.39 is 17.0 Å². The second kappa shape index (κ2) is 8.16. The highest BCUT2D eigenvalue weighted by Crippen LogP contribution is 2.52. The minimum atomic E-state index is -1.44. The van der Waals surface area contributed by atoms with Crippen LogP contribution in [-0.4, -0.2) is 28.3 Å². The van der Waals surface area contributed by atoms with Crippen molar-refractivity contribution in [2.75, 3.05) is 6.61 Å². The van der Waals surface area contributed by atoms with E-state index in [-0.39, 0.29) is 24.8 Å². The molecule has 3 N–H and O–H groups in total. The van der Waals surface area contributed by atoms with Crippen molar-refractivity contribution in [1.82, 2.24) is 4.98 Å². The summed E-state index contributed by atoms with van der Waals surface area (Å²) in [6, 6.07) is 10.6. The van der Waals surface area contributed by atoms with Gasteiger partial charge in [-0.05, 0) is 55.3 Å². The Balaban J connectivity index is 1.69. The van der Waals surface area contributed by atoms with Crippen molar-refractivity contribution in [3.05, 3.63) is 76.9 Å². The van der Waals surface area contributed by atoms with E-state index in [9.17, 15) is 5.11 Å². The van der Waals surface area contributed by atoms with Crippen LogP contribution in [0, 0.1) is 30.0 Å². The molecule has 174 valence electrons. The van der Waals surface area contributed by atoms with Gasteiger partial charge in [0.1, 0.15) is 18.0 Å². The molecule has 2 unspecified atom stereocenters. The van der Waals surface area contributed by atoms with Crippen LogP contribution in [0.25, 0.3) is 11.1 Å². The molecule has 0 bridgehead atoms. The predicted molar refractivity (Wildman–Crippen MR) is 130 cm³/mol. The number of aliphatic imine (C=N–C) groups is 1. The molecule has 3 heterocycles. The molecule has 0 aliphatic carbocycles. The lowest BCUT2D eigenvalue weighted by Gasteiger charge is -2.34. The fourth-order valence-electron chi connectivity index (χ4n) is 4.51. The molecule has 0 saturated carbocycles. The lowest BCUT2D eigenvalue weighted by molar-refractivity contribution is 0.123. The first-order valence-electron chi connectivity index (χ1n) is 11.0. The number of ether oxygens (including phenoxy) is 2. The minimum absolute atomic E-state index is 0.00230. The molecule has 0 saturated heterocycles. The van der Waals surface area contributed by atoms with Gasteiger partial charge < -0.3 is 20.3 Å². The number of benzene rings is 2. The van der Waals surface area contributed by atoms with Crippen LogP contribution >= 0.6 is 0 Å². The number of rotatable bonds is 3. The topological polar surface area (TPSA) is 90.0 Å². The SMILES string of the molecule is C#CC(C)(O)Cc1cc(F)c2c(c1)C1(COC(N)=N1)c1cc(-c3cncc(C#CC)c3)ccc1O2. The van der Waals surface area contributed by atoms with Gasteiger partial charge in [0.25, 0.3) is 6.02 Å². The lowest BCUT2D eigenvalue weighted by atomic mass is 9.79. The zero-order valence-corrected chi connectivity index (χ0v) is 19.2. The maximum Gasteiger partial charge on any atom is 0.283 e. The Bertz CT molecular complexity index is 1490. The van der Waals surface area contributed by atoms with E-state index in [2.05, 4.69) is 27.7 Å². The summed E-state index contributed by atoms with van der Waals surface area (Å²) >= 11 is 0. The first-order chi connectivity index (χ1) is 16.7. The number of nitrogens with zero attached hydrogens (tertiary/aromatic N) is 2. The van der Waals surface area contributed by atoms with Crippen LogP contribution in [0.4, 0.5) is 4.39 Å². The number of halogens is 1. The smallest absolute Gasteiger partial charge is 0.283 e. The highest BCUT2D eigenvalue weighted by atomic mass is 19.1. The molecule has 6 nitrogen and oxygen atoms in total. The van der Waals surface area contributed by atoms with Crippen LogP contribution in [0.5, 0.6) is 11.5 Å². The average molecular weight is 468 g/mol. The quantitative estimate of drug-likeness (QED) is 0.571. The van der Waals surface area contributed by atoms with Crippen molar-refractivity contribution in [2.45, 2.75) is 31.4 Å². The third-order valence-corrected chi connectivity index (χ3v) is 6.12. The molecule has 35 heavy (non-hydrogen) atoms. The molecular weight excluding hydrogens is 445 g/mol. The number of terminal acetylenes is 1. The molecule has 0 fully saturated rings. The van der Waals surface area contributed by atoms with Gasteiger partial charge in [-0.2, -0.15) is 0 Å². The van der Waals surface area contributed by atoms with Gasteiger partial charge in [-0.15, -0.1) is 12.3 Å². The summed E-state index contributed by atoms with van der Waals surface area (Å²) in [6.07, 6.45) is 8.93. The third kappa shape index (κ3) is 3.86. The van der Waals surface area contributed by atoms with Crippen LogP contribution in [0.1, 0.15) is 36.1 Å². The summed E-state index contributed by atoms with van der Waals surface area (Å²) in [5.41, 5.74) is 7.52. The van der Waals surface area contributed by atoms with Crippen molar-refractivity contribution >= 4 is 6.02 Å². The second-order valence-electron chi connectivity index (χ2n) is 8.80.